The highest BCUT2D eigenvalue weighted by Crippen LogP contribution is 2.33. The minimum Gasteiger partial charge on any atom is -0.493 e. The van der Waals surface area contributed by atoms with Gasteiger partial charge in [-0.1, -0.05) is 6.92 Å². The normalized spacial score (nSPS) is 14.5. The minimum absolute atomic E-state index is 0.857. The van der Waals surface area contributed by atoms with E-state index in [-0.39, 0.29) is 0 Å². The Morgan fingerprint density at radius 1 is 1.39 bits per heavy atom. The first kappa shape index (κ1) is 11.6. The molecule has 2 aromatic rings. The minimum atomic E-state index is 0.857. The largest absolute Gasteiger partial charge is 0.493 e. The number of likely N-dealkylation sites (N-methyl/N-ethyl adjacent to an activating group) is 1. The molecule has 0 fully saturated rings. The van der Waals surface area contributed by atoms with E-state index in [0.29, 0.717) is 0 Å². The number of aromatic nitrogens is 1. The molecule has 1 aromatic carbocycles. The Bertz CT molecular complexity index is 545. The lowest BCUT2D eigenvalue weighted by molar-refractivity contribution is 0.289. The number of benzene rings is 1. The number of rotatable bonds is 4. The van der Waals surface area contributed by atoms with Crippen LogP contribution in [0.1, 0.15) is 24.5 Å². The number of aryl methyl sites for hydroxylation is 1. The van der Waals surface area contributed by atoms with Crippen molar-refractivity contribution in [2.45, 2.75) is 26.2 Å². The Balaban J connectivity index is 1.99. The third-order valence-electron chi connectivity index (χ3n) is 3.64. The van der Waals surface area contributed by atoms with Gasteiger partial charge in [-0.05, 0) is 50.0 Å². The zero-order chi connectivity index (χ0) is 12.4. The van der Waals surface area contributed by atoms with Crippen LogP contribution in [-0.2, 0) is 12.8 Å². The van der Waals surface area contributed by atoms with E-state index in [2.05, 4.69) is 35.6 Å². The van der Waals surface area contributed by atoms with E-state index in [1.807, 2.05) is 0 Å². The molecule has 0 unspecified atom stereocenters. The van der Waals surface area contributed by atoms with Gasteiger partial charge in [0.2, 0.25) is 0 Å². The van der Waals surface area contributed by atoms with Crippen molar-refractivity contribution < 1.29 is 4.74 Å². The second kappa shape index (κ2) is 5.02. The molecular weight excluding hydrogens is 224 g/mol. The van der Waals surface area contributed by atoms with Gasteiger partial charge in [0.05, 0.1) is 6.61 Å². The van der Waals surface area contributed by atoms with Gasteiger partial charge in [0.25, 0.3) is 0 Å². The van der Waals surface area contributed by atoms with Gasteiger partial charge in [0.15, 0.2) is 0 Å². The fourth-order valence-corrected chi connectivity index (χ4v) is 2.76. The Morgan fingerprint density at radius 3 is 3.22 bits per heavy atom. The molecule has 2 N–H and O–H groups in total. The maximum atomic E-state index is 5.75. The van der Waals surface area contributed by atoms with Crippen molar-refractivity contribution in [3.05, 3.63) is 29.5 Å². The molecule has 0 saturated carbocycles. The van der Waals surface area contributed by atoms with Crippen molar-refractivity contribution >= 4 is 10.9 Å². The van der Waals surface area contributed by atoms with E-state index >= 15 is 0 Å². The molecule has 0 bridgehead atoms. The average molecular weight is 244 g/mol. The van der Waals surface area contributed by atoms with Crippen molar-refractivity contribution in [1.29, 1.82) is 0 Å². The Labute approximate surface area is 108 Å². The van der Waals surface area contributed by atoms with Crippen molar-refractivity contribution in [2.24, 2.45) is 0 Å². The van der Waals surface area contributed by atoms with Gasteiger partial charge in [-0.2, -0.15) is 0 Å². The first-order chi connectivity index (χ1) is 8.90. The van der Waals surface area contributed by atoms with E-state index in [1.54, 1.807) is 0 Å². The van der Waals surface area contributed by atoms with Gasteiger partial charge in [-0.3, -0.25) is 0 Å². The average Bonchev–Trinajstić information content (AvgIpc) is 2.83. The molecule has 2 heterocycles. The van der Waals surface area contributed by atoms with E-state index in [1.165, 1.54) is 22.0 Å². The number of H-pyrrole nitrogens is 1. The summed E-state index contributed by atoms with van der Waals surface area (Å²) >= 11 is 0. The highest BCUT2D eigenvalue weighted by molar-refractivity contribution is 5.89. The quantitative estimate of drug-likeness (QED) is 0.811. The molecule has 3 nitrogen and oxygen atoms in total. The van der Waals surface area contributed by atoms with Crippen LogP contribution in [0.5, 0.6) is 5.75 Å². The molecule has 3 heteroatoms. The summed E-state index contributed by atoms with van der Waals surface area (Å²) in [6.07, 6.45) is 5.49. The highest BCUT2D eigenvalue weighted by Gasteiger charge is 2.16. The van der Waals surface area contributed by atoms with E-state index in [9.17, 15) is 0 Å². The van der Waals surface area contributed by atoms with Crippen molar-refractivity contribution in [3.8, 4) is 5.75 Å². The van der Waals surface area contributed by atoms with E-state index in [4.69, 9.17) is 4.74 Å². The number of hydrogen-bond acceptors (Lipinski definition) is 2. The molecule has 0 saturated heterocycles. The van der Waals surface area contributed by atoms with Crippen LogP contribution in [-0.4, -0.2) is 24.7 Å². The highest BCUT2D eigenvalue weighted by atomic mass is 16.5. The second-order valence-corrected chi connectivity index (χ2v) is 4.83. The third kappa shape index (κ3) is 1.99. The smallest absolute Gasteiger partial charge is 0.123 e. The number of nitrogens with one attached hydrogen (secondary N) is 2. The van der Waals surface area contributed by atoms with Gasteiger partial charge >= 0.3 is 0 Å². The molecule has 0 spiro atoms. The van der Waals surface area contributed by atoms with Crippen LogP contribution in [0.3, 0.4) is 0 Å². The van der Waals surface area contributed by atoms with Crippen LogP contribution < -0.4 is 10.1 Å². The summed E-state index contributed by atoms with van der Waals surface area (Å²) in [4.78, 5) is 3.38. The van der Waals surface area contributed by atoms with E-state index < -0.39 is 0 Å². The monoisotopic (exact) mass is 244 g/mol. The summed E-state index contributed by atoms with van der Waals surface area (Å²) in [6, 6.07) is 4.23. The molecule has 0 amide bonds. The predicted octanol–water partition coefficient (Wildman–Crippen LogP) is 2.64. The lowest BCUT2D eigenvalue weighted by atomic mass is 9.98. The summed E-state index contributed by atoms with van der Waals surface area (Å²) in [5, 5.41) is 4.78. The Morgan fingerprint density at radius 2 is 2.33 bits per heavy atom. The first-order valence-electron chi connectivity index (χ1n) is 6.85. The van der Waals surface area contributed by atoms with Crippen LogP contribution in [0.4, 0.5) is 0 Å². The summed E-state index contributed by atoms with van der Waals surface area (Å²) in [5.74, 6) is 1.08. The van der Waals surface area contributed by atoms with Gasteiger partial charge < -0.3 is 15.0 Å². The molecule has 18 heavy (non-hydrogen) atoms. The van der Waals surface area contributed by atoms with Crippen LogP contribution >= 0.6 is 0 Å². The van der Waals surface area contributed by atoms with Gasteiger partial charge in [-0.15, -0.1) is 0 Å². The molecule has 0 atom stereocenters. The molecule has 1 aliphatic heterocycles. The fourth-order valence-electron chi connectivity index (χ4n) is 2.76. The zero-order valence-corrected chi connectivity index (χ0v) is 10.9. The second-order valence-electron chi connectivity index (χ2n) is 4.83. The Kier molecular flexibility index (Phi) is 3.24. The van der Waals surface area contributed by atoms with Gasteiger partial charge in [0, 0.05) is 22.7 Å². The molecule has 3 rings (SSSR count). The first-order valence-corrected chi connectivity index (χ1v) is 6.85. The molecule has 96 valence electrons. The maximum Gasteiger partial charge on any atom is 0.123 e. The van der Waals surface area contributed by atoms with Crippen LogP contribution in [0.2, 0.25) is 0 Å². The summed E-state index contributed by atoms with van der Waals surface area (Å²) < 4.78 is 5.75. The standard InChI is InChI=1S/C15H20N2O/c1-2-16-8-7-11-10-17-13-5-6-14-12(15(11)13)4-3-9-18-14/h5-6,10,16-17H,2-4,7-9H2,1H3. The van der Waals surface area contributed by atoms with Crippen LogP contribution in [0.15, 0.2) is 18.3 Å². The summed E-state index contributed by atoms with van der Waals surface area (Å²) in [7, 11) is 0. The SMILES string of the molecule is CCNCCc1c[nH]c2ccc3c(c12)CCCO3. The fraction of sp³-hybridized carbons (Fsp3) is 0.467. The number of aromatic amines is 1. The lowest BCUT2D eigenvalue weighted by Crippen LogP contribution is -2.16. The van der Waals surface area contributed by atoms with Crippen LogP contribution in [0, 0.1) is 0 Å². The molecule has 1 aromatic heterocycles. The van der Waals surface area contributed by atoms with Gasteiger partial charge in [0.1, 0.15) is 5.75 Å². The number of fused-ring (bicyclic) bond motifs is 3. The molecule has 1 aliphatic rings. The van der Waals surface area contributed by atoms with Crippen molar-refractivity contribution in [3.63, 3.8) is 0 Å². The topological polar surface area (TPSA) is 37.0 Å². The lowest BCUT2D eigenvalue weighted by Gasteiger charge is -2.18. The Hall–Kier alpha value is -1.48. The van der Waals surface area contributed by atoms with Crippen molar-refractivity contribution in [2.75, 3.05) is 19.7 Å². The van der Waals surface area contributed by atoms with Gasteiger partial charge in [-0.25, -0.2) is 0 Å². The predicted molar refractivity (Wildman–Crippen MR) is 74.4 cm³/mol. The number of ether oxygens (including phenoxy) is 1. The molecule has 0 radical (unpaired) electrons. The number of hydrogen-bond donors (Lipinski definition) is 2. The summed E-state index contributed by atoms with van der Waals surface area (Å²) in [5.41, 5.74) is 4.05. The maximum absolute atomic E-state index is 5.75. The summed E-state index contributed by atoms with van der Waals surface area (Å²) in [6.45, 7) is 5.07. The van der Waals surface area contributed by atoms with Crippen LogP contribution in [0.25, 0.3) is 10.9 Å². The van der Waals surface area contributed by atoms with E-state index in [0.717, 1.165) is 44.7 Å². The zero-order valence-electron chi connectivity index (χ0n) is 10.9. The third-order valence-corrected chi connectivity index (χ3v) is 3.64. The molecular formula is C15H20N2O. The van der Waals surface area contributed by atoms with Crippen molar-refractivity contribution in [1.82, 2.24) is 10.3 Å². The molecule has 0 aliphatic carbocycles.